The monoisotopic (exact) mass is 293 g/mol. The molecule has 0 aliphatic rings. The number of hydrogen-bond donors (Lipinski definition) is 3. The SMILES string of the molecule is CN(C)CC(C)(O)CNC(=O)C(C)(C)c1ccc(N)cc1. The van der Waals surface area contributed by atoms with Gasteiger partial charge < -0.3 is 21.1 Å². The molecule has 1 atom stereocenters. The van der Waals surface area contributed by atoms with Gasteiger partial charge in [-0.1, -0.05) is 12.1 Å². The first-order chi connectivity index (χ1) is 9.54. The second-order valence-corrected chi connectivity index (χ2v) is 6.66. The van der Waals surface area contributed by atoms with Gasteiger partial charge in [-0.25, -0.2) is 0 Å². The molecule has 118 valence electrons. The standard InChI is InChI=1S/C16H27N3O2/c1-15(2,12-6-8-13(17)9-7-12)14(20)18-10-16(3,21)11-19(4)5/h6-9,21H,10-11,17H2,1-5H3,(H,18,20). The number of carbonyl (C=O) groups is 1. The van der Waals surface area contributed by atoms with Crippen molar-refractivity contribution in [2.75, 3.05) is 32.9 Å². The van der Waals surface area contributed by atoms with E-state index in [4.69, 9.17) is 5.73 Å². The Bertz CT molecular complexity index is 479. The molecule has 0 saturated heterocycles. The van der Waals surface area contributed by atoms with Crippen molar-refractivity contribution >= 4 is 11.6 Å². The minimum atomic E-state index is -0.962. The molecule has 5 heteroatoms. The maximum absolute atomic E-state index is 12.4. The highest BCUT2D eigenvalue weighted by Crippen LogP contribution is 2.24. The molecule has 1 rings (SSSR count). The molecule has 0 fully saturated rings. The van der Waals surface area contributed by atoms with Gasteiger partial charge in [-0.3, -0.25) is 4.79 Å². The fourth-order valence-electron chi connectivity index (χ4n) is 2.26. The highest BCUT2D eigenvalue weighted by molar-refractivity contribution is 5.87. The first-order valence-corrected chi connectivity index (χ1v) is 7.06. The predicted molar refractivity (Wildman–Crippen MR) is 86.1 cm³/mol. The minimum absolute atomic E-state index is 0.119. The molecular formula is C16H27N3O2. The smallest absolute Gasteiger partial charge is 0.230 e. The third-order valence-electron chi connectivity index (χ3n) is 3.49. The summed E-state index contributed by atoms with van der Waals surface area (Å²) in [6.45, 7) is 6.12. The number of hydrogen-bond acceptors (Lipinski definition) is 4. The molecule has 0 saturated carbocycles. The van der Waals surface area contributed by atoms with Gasteiger partial charge >= 0.3 is 0 Å². The number of nitrogen functional groups attached to an aromatic ring is 1. The molecule has 0 bridgehead atoms. The molecule has 5 nitrogen and oxygen atoms in total. The summed E-state index contributed by atoms with van der Waals surface area (Å²) in [5, 5.41) is 13.1. The molecular weight excluding hydrogens is 266 g/mol. The summed E-state index contributed by atoms with van der Waals surface area (Å²) in [6.07, 6.45) is 0. The summed E-state index contributed by atoms with van der Waals surface area (Å²) >= 11 is 0. The summed E-state index contributed by atoms with van der Waals surface area (Å²) in [7, 11) is 3.77. The van der Waals surface area contributed by atoms with Gasteiger partial charge in [0, 0.05) is 18.8 Å². The molecule has 0 aromatic heterocycles. The number of rotatable bonds is 6. The van der Waals surface area contributed by atoms with Crippen LogP contribution in [0.25, 0.3) is 0 Å². The Hall–Kier alpha value is -1.59. The van der Waals surface area contributed by atoms with E-state index >= 15 is 0 Å². The van der Waals surface area contributed by atoms with Crippen LogP contribution in [0.15, 0.2) is 24.3 Å². The quantitative estimate of drug-likeness (QED) is 0.683. The van der Waals surface area contributed by atoms with Crippen LogP contribution in [-0.4, -0.2) is 48.7 Å². The normalized spacial score (nSPS) is 14.8. The van der Waals surface area contributed by atoms with E-state index in [0.29, 0.717) is 12.2 Å². The van der Waals surface area contributed by atoms with E-state index in [0.717, 1.165) is 5.56 Å². The lowest BCUT2D eigenvalue weighted by atomic mass is 9.83. The van der Waals surface area contributed by atoms with E-state index < -0.39 is 11.0 Å². The van der Waals surface area contributed by atoms with Crippen molar-refractivity contribution in [1.82, 2.24) is 10.2 Å². The summed E-state index contributed by atoms with van der Waals surface area (Å²) in [6, 6.07) is 7.28. The van der Waals surface area contributed by atoms with Crippen molar-refractivity contribution in [1.29, 1.82) is 0 Å². The van der Waals surface area contributed by atoms with Crippen LogP contribution in [0.3, 0.4) is 0 Å². The Morgan fingerprint density at radius 3 is 2.24 bits per heavy atom. The largest absolute Gasteiger partial charge is 0.399 e. The van der Waals surface area contributed by atoms with Crippen LogP contribution in [0.4, 0.5) is 5.69 Å². The van der Waals surface area contributed by atoms with Gasteiger partial charge in [-0.05, 0) is 52.6 Å². The van der Waals surface area contributed by atoms with Crippen LogP contribution in [-0.2, 0) is 10.2 Å². The van der Waals surface area contributed by atoms with Gasteiger partial charge in [0.15, 0.2) is 0 Å². The third-order valence-corrected chi connectivity index (χ3v) is 3.49. The summed E-state index contributed by atoms with van der Waals surface area (Å²) in [4.78, 5) is 14.3. The fraction of sp³-hybridized carbons (Fsp3) is 0.562. The number of nitrogens with zero attached hydrogens (tertiary/aromatic N) is 1. The summed E-state index contributed by atoms with van der Waals surface area (Å²) < 4.78 is 0. The molecule has 1 aromatic rings. The van der Waals surface area contributed by atoms with Crippen molar-refractivity contribution in [3.8, 4) is 0 Å². The number of nitrogens with one attached hydrogen (secondary N) is 1. The van der Waals surface area contributed by atoms with Gasteiger partial charge in [0.2, 0.25) is 5.91 Å². The molecule has 0 radical (unpaired) electrons. The second-order valence-electron chi connectivity index (χ2n) is 6.66. The lowest BCUT2D eigenvalue weighted by Gasteiger charge is -2.30. The van der Waals surface area contributed by atoms with Crippen LogP contribution >= 0.6 is 0 Å². The van der Waals surface area contributed by atoms with Crippen molar-refractivity contribution in [3.63, 3.8) is 0 Å². The minimum Gasteiger partial charge on any atom is -0.399 e. The zero-order valence-electron chi connectivity index (χ0n) is 13.6. The molecule has 0 aliphatic heterocycles. The Kier molecular flexibility index (Phi) is 5.36. The number of aliphatic hydroxyl groups is 1. The second kappa shape index (κ2) is 6.45. The highest BCUT2D eigenvalue weighted by atomic mass is 16.3. The Morgan fingerprint density at radius 1 is 1.24 bits per heavy atom. The van der Waals surface area contributed by atoms with Gasteiger partial charge in [0.05, 0.1) is 11.0 Å². The van der Waals surface area contributed by atoms with Crippen LogP contribution < -0.4 is 11.1 Å². The van der Waals surface area contributed by atoms with Crippen LogP contribution in [0, 0.1) is 0 Å². The fourth-order valence-corrected chi connectivity index (χ4v) is 2.26. The van der Waals surface area contributed by atoms with E-state index in [1.165, 1.54) is 0 Å². The molecule has 1 aromatic carbocycles. The van der Waals surface area contributed by atoms with Gasteiger partial charge in [-0.15, -0.1) is 0 Å². The maximum atomic E-state index is 12.4. The average molecular weight is 293 g/mol. The van der Waals surface area contributed by atoms with Gasteiger partial charge in [0.1, 0.15) is 0 Å². The van der Waals surface area contributed by atoms with Gasteiger partial charge in [0.25, 0.3) is 0 Å². The Morgan fingerprint density at radius 2 is 1.76 bits per heavy atom. The molecule has 1 unspecified atom stereocenters. The maximum Gasteiger partial charge on any atom is 0.230 e. The van der Waals surface area contributed by atoms with Crippen LogP contribution in [0.5, 0.6) is 0 Å². The molecule has 1 amide bonds. The van der Waals surface area contributed by atoms with E-state index in [1.807, 2.05) is 45.0 Å². The first kappa shape index (κ1) is 17.5. The summed E-state index contributed by atoms with van der Waals surface area (Å²) in [5.41, 5.74) is 5.59. The lowest BCUT2D eigenvalue weighted by Crippen LogP contribution is -2.50. The van der Waals surface area contributed by atoms with Gasteiger partial charge in [-0.2, -0.15) is 0 Å². The van der Waals surface area contributed by atoms with E-state index in [-0.39, 0.29) is 12.5 Å². The first-order valence-electron chi connectivity index (χ1n) is 7.06. The highest BCUT2D eigenvalue weighted by Gasteiger charge is 2.31. The van der Waals surface area contributed by atoms with Crippen molar-refractivity contribution < 1.29 is 9.90 Å². The number of benzene rings is 1. The molecule has 4 N–H and O–H groups in total. The molecule has 21 heavy (non-hydrogen) atoms. The molecule has 0 heterocycles. The zero-order chi connectivity index (χ0) is 16.3. The predicted octanol–water partition coefficient (Wildman–Crippen LogP) is 0.975. The van der Waals surface area contributed by atoms with Crippen LogP contribution in [0.2, 0.25) is 0 Å². The molecule has 0 aliphatic carbocycles. The number of amides is 1. The van der Waals surface area contributed by atoms with Crippen molar-refractivity contribution in [2.24, 2.45) is 0 Å². The average Bonchev–Trinajstić information content (AvgIpc) is 2.35. The van der Waals surface area contributed by atoms with Crippen molar-refractivity contribution in [3.05, 3.63) is 29.8 Å². The Labute approximate surface area is 127 Å². The summed E-state index contributed by atoms with van der Waals surface area (Å²) in [5.74, 6) is -0.119. The van der Waals surface area contributed by atoms with Crippen molar-refractivity contribution in [2.45, 2.75) is 31.8 Å². The number of nitrogens with two attached hydrogens (primary N) is 1. The third kappa shape index (κ3) is 5.02. The van der Waals surface area contributed by atoms with E-state index in [9.17, 15) is 9.90 Å². The molecule has 0 spiro atoms. The zero-order valence-corrected chi connectivity index (χ0v) is 13.6. The lowest BCUT2D eigenvalue weighted by molar-refractivity contribution is -0.126. The van der Waals surface area contributed by atoms with Crippen LogP contribution in [0.1, 0.15) is 26.3 Å². The number of carbonyl (C=O) groups excluding carboxylic acids is 1. The number of likely N-dealkylation sites (N-methyl/N-ethyl adjacent to an activating group) is 1. The Balaban J connectivity index is 2.72. The number of anilines is 1. The van der Waals surface area contributed by atoms with E-state index in [2.05, 4.69) is 5.32 Å². The van der Waals surface area contributed by atoms with E-state index in [1.54, 1.807) is 19.1 Å². The topological polar surface area (TPSA) is 78.6 Å².